The van der Waals surface area contributed by atoms with Crippen LogP contribution in [-0.2, 0) is 9.84 Å². The Kier molecular flexibility index (Phi) is 4.98. The minimum atomic E-state index is -3.25. The summed E-state index contributed by atoms with van der Waals surface area (Å²) in [7, 11) is -3.25. The number of sulfone groups is 1. The first-order valence-corrected chi connectivity index (χ1v) is 11.7. The SMILES string of the molecule is CS(=O)(=O)c1ccc2nc(N3CCN(C(=O)c4ccc(C#N)cc4)CC3)sc2c1. The van der Waals surface area contributed by atoms with Crippen LogP contribution in [0.15, 0.2) is 47.4 Å². The molecule has 0 saturated carbocycles. The predicted molar refractivity (Wildman–Crippen MR) is 112 cm³/mol. The van der Waals surface area contributed by atoms with Crippen LogP contribution in [0.25, 0.3) is 10.2 Å². The van der Waals surface area contributed by atoms with Crippen LogP contribution in [0, 0.1) is 11.3 Å². The molecule has 0 radical (unpaired) electrons. The van der Waals surface area contributed by atoms with Gasteiger partial charge in [0.05, 0.1) is 26.7 Å². The summed E-state index contributed by atoms with van der Waals surface area (Å²) in [4.78, 5) is 21.5. The molecule has 9 heteroatoms. The number of hydrogen-bond acceptors (Lipinski definition) is 7. The van der Waals surface area contributed by atoms with Crippen LogP contribution >= 0.6 is 11.3 Å². The van der Waals surface area contributed by atoms with Gasteiger partial charge in [0.15, 0.2) is 15.0 Å². The maximum Gasteiger partial charge on any atom is 0.253 e. The maximum atomic E-state index is 12.7. The number of piperazine rings is 1. The lowest BCUT2D eigenvalue weighted by Gasteiger charge is -2.34. The van der Waals surface area contributed by atoms with E-state index in [9.17, 15) is 13.2 Å². The molecule has 1 saturated heterocycles. The maximum absolute atomic E-state index is 12.7. The van der Waals surface area contributed by atoms with Crippen molar-refractivity contribution in [2.24, 2.45) is 0 Å². The summed E-state index contributed by atoms with van der Waals surface area (Å²) in [5, 5.41) is 9.70. The number of anilines is 1. The average Bonchev–Trinajstić information content (AvgIpc) is 3.16. The van der Waals surface area contributed by atoms with Crippen LogP contribution in [0.1, 0.15) is 15.9 Å². The number of hydrogen-bond donors (Lipinski definition) is 0. The van der Waals surface area contributed by atoms with Gasteiger partial charge in [-0.05, 0) is 42.5 Å². The second kappa shape index (κ2) is 7.46. The highest BCUT2D eigenvalue weighted by atomic mass is 32.2. The summed E-state index contributed by atoms with van der Waals surface area (Å²) in [6.45, 7) is 2.45. The number of benzene rings is 2. The Bertz CT molecular complexity index is 1220. The molecular formula is C20H18N4O3S2. The Labute approximate surface area is 172 Å². The summed E-state index contributed by atoms with van der Waals surface area (Å²) in [5.74, 6) is -0.0452. The standard InChI is InChI=1S/C20H18N4O3S2/c1-29(26,27)16-6-7-17-18(12-16)28-20(22-17)24-10-8-23(9-11-24)19(25)15-4-2-14(13-21)3-5-15/h2-7,12H,8-11H2,1H3. The number of rotatable bonds is 3. The molecule has 2 heterocycles. The third kappa shape index (κ3) is 3.95. The van der Waals surface area contributed by atoms with E-state index in [2.05, 4.69) is 9.88 Å². The van der Waals surface area contributed by atoms with E-state index < -0.39 is 9.84 Å². The highest BCUT2D eigenvalue weighted by Crippen LogP contribution is 2.31. The summed E-state index contributed by atoms with van der Waals surface area (Å²) >= 11 is 1.46. The van der Waals surface area contributed by atoms with Crippen LogP contribution in [0.4, 0.5) is 5.13 Å². The van der Waals surface area contributed by atoms with E-state index in [4.69, 9.17) is 5.26 Å². The van der Waals surface area contributed by atoms with Crippen molar-refractivity contribution >= 4 is 42.4 Å². The van der Waals surface area contributed by atoms with E-state index in [1.807, 2.05) is 6.07 Å². The lowest BCUT2D eigenvalue weighted by molar-refractivity contribution is 0.0747. The molecule has 0 spiro atoms. The fourth-order valence-corrected chi connectivity index (χ4v) is 5.01. The van der Waals surface area contributed by atoms with Crippen molar-refractivity contribution in [1.82, 2.24) is 9.88 Å². The van der Waals surface area contributed by atoms with Crippen LogP contribution in [0.5, 0.6) is 0 Å². The van der Waals surface area contributed by atoms with Crippen molar-refractivity contribution in [3.63, 3.8) is 0 Å². The van der Waals surface area contributed by atoms with E-state index in [1.54, 1.807) is 47.4 Å². The summed E-state index contributed by atoms with van der Waals surface area (Å²) < 4.78 is 24.3. The van der Waals surface area contributed by atoms with Crippen molar-refractivity contribution < 1.29 is 13.2 Å². The van der Waals surface area contributed by atoms with Gasteiger partial charge in [-0.3, -0.25) is 4.79 Å². The zero-order chi connectivity index (χ0) is 20.6. The van der Waals surface area contributed by atoms with Gasteiger partial charge in [0.1, 0.15) is 0 Å². The van der Waals surface area contributed by atoms with Crippen LogP contribution in [0.3, 0.4) is 0 Å². The molecule has 29 heavy (non-hydrogen) atoms. The molecule has 0 atom stereocenters. The highest BCUT2D eigenvalue weighted by molar-refractivity contribution is 7.90. The number of nitriles is 1. The van der Waals surface area contributed by atoms with Crippen LogP contribution in [0.2, 0.25) is 0 Å². The number of thiazole rings is 1. The third-order valence-corrected chi connectivity index (χ3v) is 7.06. The van der Waals surface area contributed by atoms with E-state index in [0.717, 1.165) is 15.3 Å². The first-order valence-electron chi connectivity index (χ1n) is 9.00. The van der Waals surface area contributed by atoms with Crippen LogP contribution < -0.4 is 4.90 Å². The van der Waals surface area contributed by atoms with Gasteiger partial charge in [0, 0.05) is 38.0 Å². The fourth-order valence-electron chi connectivity index (χ4n) is 3.23. The molecule has 1 fully saturated rings. The number of aromatic nitrogens is 1. The Morgan fingerprint density at radius 3 is 2.41 bits per heavy atom. The van der Waals surface area contributed by atoms with Gasteiger partial charge in [-0.1, -0.05) is 11.3 Å². The number of amides is 1. The van der Waals surface area contributed by atoms with Crippen molar-refractivity contribution in [3.8, 4) is 6.07 Å². The topological polar surface area (TPSA) is 94.4 Å². The van der Waals surface area contributed by atoms with Gasteiger partial charge in [-0.2, -0.15) is 5.26 Å². The molecule has 3 aromatic rings. The zero-order valence-corrected chi connectivity index (χ0v) is 17.3. The van der Waals surface area contributed by atoms with Gasteiger partial charge in [0.25, 0.3) is 5.91 Å². The molecule has 1 aliphatic rings. The Morgan fingerprint density at radius 1 is 1.10 bits per heavy atom. The molecule has 2 aromatic carbocycles. The van der Waals surface area contributed by atoms with Crippen molar-refractivity contribution in [1.29, 1.82) is 5.26 Å². The first-order chi connectivity index (χ1) is 13.8. The highest BCUT2D eigenvalue weighted by Gasteiger charge is 2.24. The second-order valence-corrected chi connectivity index (χ2v) is 9.89. The number of carbonyl (C=O) groups excluding carboxylic acids is 1. The van der Waals surface area contributed by atoms with E-state index >= 15 is 0 Å². The molecule has 1 aliphatic heterocycles. The van der Waals surface area contributed by atoms with E-state index in [1.165, 1.54) is 17.6 Å². The second-order valence-electron chi connectivity index (χ2n) is 6.87. The lowest BCUT2D eigenvalue weighted by Crippen LogP contribution is -2.48. The van der Waals surface area contributed by atoms with Gasteiger partial charge >= 0.3 is 0 Å². The van der Waals surface area contributed by atoms with Crippen molar-refractivity contribution in [2.45, 2.75) is 4.90 Å². The minimum Gasteiger partial charge on any atom is -0.345 e. The van der Waals surface area contributed by atoms with E-state index in [-0.39, 0.29) is 10.8 Å². The van der Waals surface area contributed by atoms with Crippen molar-refractivity contribution in [2.75, 3.05) is 37.3 Å². The molecule has 148 valence electrons. The molecule has 1 aromatic heterocycles. The number of nitrogens with zero attached hydrogens (tertiary/aromatic N) is 4. The Morgan fingerprint density at radius 2 is 1.79 bits per heavy atom. The predicted octanol–water partition coefficient (Wildman–Crippen LogP) is 2.53. The molecule has 0 bridgehead atoms. The molecular weight excluding hydrogens is 408 g/mol. The zero-order valence-electron chi connectivity index (χ0n) is 15.7. The molecule has 0 unspecified atom stereocenters. The molecule has 1 amide bonds. The average molecular weight is 427 g/mol. The van der Waals surface area contributed by atoms with Gasteiger partial charge in [-0.15, -0.1) is 0 Å². The summed E-state index contributed by atoms with van der Waals surface area (Å²) in [5.41, 5.74) is 1.88. The van der Waals surface area contributed by atoms with Gasteiger partial charge in [-0.25, -0.2) is 13.4 Å². The van der Waals surface area contributed by atoms with E-state index in [0.29, 0.717) is 37.3 Å². The smallest absolute Gasteiger partial charge is 0.253 e. The quantitative estimate of drug-likeness (QED) is 0.639. The number of carbonyl (C=O) groups is 1. The molecule has 7 nitrogen and oxygen atoms in total. The Balaban J connectivity index is 1.46. The van der Waals surface area contributed by atoms with Gasteiger partial charge < -0.3 is 9.80 Å². The lowest BCUT2D eigenvalue weighted by atomic mass is 10.1. The molecule has 0 aliphatic carbocycles. The van der Waals surface area contributed by atoms with Gasteiger partial charge in [0.2, 0.25) is 0 Å². The molecule has 0 N–H and O–H groups in total. The Hall–Kier alpha value is -2.96. The van der Waals surface area contributed by atoms with Crippen LogP contribution in [-0.4, -0.2) is 56.6 Å². The summed E-state index contributed by atoms with van der Waals surface area (Å²) in [6, 6.07) is 13.7. The first kappa shape index (κ1) is 19.4. The minimum absolute atomic E-state index is 0.0452. The normalized spacial score (nSPS) is 14.8. The summed E-state index contributed by atoms with van der Waals surface area (Å²) in [6.07, 6.45) is 1.19. The van der Waals surface area contributed by atoms with Crippen molar-refractivity contribution in [3.05, 3.63) is 53.6 Å². The fraction of sp³-hybridized carbons (Fsp3) is 0.250. The number of fused-ring (bicyclic) bond motifs is 1. The monoisotopic (exact) mass is 426 g/mol. The third-order valence-electron chi connectivity index (χ3n) is 4.88. The largest absolute Gasteiger partial charge is 0.345 e. The molecule has 4 rings (SSSR count).